The molecule has 1 aromatic heterocycles. The lowest BCUT2D eigenvalue weighted by Gasteiger charge is -2.05. The van der Waals surface area contributed by atoms with Crippen LogP contribution in [0.5, 0.6) is 0 Å². The van der Waals surface area contributed by atoms with E-state index in [1.54, 1.807) is 0 Å². The van der Waals surface area contributed by atoms with Crippen LogP contribution < -0.4 is 0 Å². The van der Waals surface area contributed by atoms with Crippen LogP contribution in [0.25, 0.3) is 0 Å². The van der Waals surface area contributed by atoms with Gasteiger partial charge in [-0.15, -0.1) is 11.3 Å². The summed E-state index contributed by atoms with van der Waals surface area (Å²) in [5.74, 6) is -0.695. The zero-order valence-corrected chi connectivity index (χ0v) is 7.85. The second-order valence-electron chi connectivity index (χ2n) is 2.67. The summed E-state index contributed by atoms with van der Waals surface area (Å²) in [4.78, 5) is 23.0. The fourth-order valence-corrected chi connectivity index (χ4v) is 2.08. The van der Waals surface area contributed by atoms with E-state index >= 15 is 0 Å². The van der Waals surface area contributed by atoms with Crippen molar-refractivity contribution in [3.8, 4) is 0 Å². The van der Waals surface area contributed by atoms with E-state index in [4.69, 9.17) is 0 Å². The fraction of sp³-hybridized carbons (Fsp3) is 0.333. The molecule has 0 aliphatic carbocycles. The molecule has 0 bridgehead atoms. The highest BCUT2D eigenvalue weighted by atomic mass is 32.1. The molecule has 0 aliphatic heterocycles. The molecule has 0 spiro atoms. The summed E-state index contributed by atoms with van der Waals surface area (Å²) in [6.45, 7) is 2.90. The zero-order valence-electron chi connectivity index (χ0n) is 7.03. The van der Waals surface area contributed by atoms with Crippen LogP contribution in [0, 0.1) is 0 Å². The molecule has 0 N–H and O–H groups in total. The Labute approximate surface area is 75.2 Å². The van der Waals surface area contributed by atoms with E-state index in [0.717, 1.165) is 4.88 Å². The quantitative estimate of drug-likeness (QED) is 0.670. The lowest BCUT2D eigenvalue weighted by molar-refractivity contribution is -0.126. The third kappa shape index (κ3) is 1.80. The van der Waals surface area contributed by atoms with Crippen molar-refractivity contribution in [3.63, 3.8) is 0 Å². The normalized spacial score (nSPS) is 10.2. The molecule has 12 heavy (non-hydrogen) atoms. The Balaban J connectivity index is 2.96. The van der Waals surface area contributed by atoms with E-state index in [2.05, 4.69) is 0 Å². The highest BCUT2D eigenvalue weighted by molar-refractivity contribution is 7.10. The van der Waals surface area contributed by atoms with Gasteiger partial charge in [-0.2, -0.15) is 0 Å². The molecule has 0 aliphatic rings. The predicted molar refractivity (Wildman–Crippen MR) is 48.4 cm³/mol. The van der Waals surface area contributed by atoms with Crippen molar-refractivity contribution in [2.75, 3.05) is 0 Å². The van der Waals surface area contributed by atoms with E-state index in [-0.39, 0.29) is 11.6 Å². The average molecular weight is 182 g/mol. The van der Waals surface area contributed by atoms with Crippen molar-refractivity contribution in [3.05, 3.63) is 22.4 Å². The molecule has 3 heteroatoms. The summed E-state index contributed by atoms with van der Waals surface area (Å²) in [5.41, 5.74) is 0. The Morgan fingerprint density at radius 1 is 1.33 bits per heavy atom. The molecule has 0 radical (unpaired) electrons. The molecular weight excluding hydrogens is 172 g/mol. The van der Waals surface area contributed by atoms with E-state index in [9.17, 15) is 9.59 Å². The van der Waals surface area contributed by atoms with Gasteiger partial charge in [-0.3, -0.25) is 9.59 Å². The Morgan fingerprint density at radius 2 is 1.92 bits per heavy atom. The summed E-state index contributed by atoms with van der Waals surface area (Å²) >= 11 is 1.45. The summed E-state index contributed by atoms with van der Waals surface area (Å²) in [6, 6.07) is 3.66. The van der Waals surface area contributed by atoms with Crippen molar-refractivity contribution in [1.82, 2.24) is 0 Å². The lowest BCUT2D eigenvalue weighted by Crippen LogP contribution is -2.15. The first-order valence-corrected chi connectivity index (χ1v) is 4.55. The van der Waals surface area contributed by atoms with Crippen molar-refractivity contribution in [1.29, 1.82) is 0 Å². The Kier molecular flexibility index (Phi) is 2.76. The van der Waals surface area contributed by atoms with Crippen LogP contribution in [-0.4, -0.2) is 11.6 Å². The second kappa shape index (κ2) is 3.63. The third-order valence-electron chi connectivity index (χ3n) is 1.64. The minimum absolute atomic E-state index is 0.0787. The van der Waals surface area contributed by atoms with E-state index in [0.29, 0.717) is 0 Å². The van der Waals surface area contributed by atoms with Gasteiger partial charge < -0.3 is 0 Å². The van der Waals surface area contributed by atoms with Gasteiger partial charge in [0, 0.05) is 4.88 Å². The average Bonchev–Trinajstić information content (AvgIpc) is 2.37. The first-order chi connectivity index (χ1) is 5.63. The molecule has 2 nitrogen and oxygen atoms in total. The third-order valence-corrected chi connectivity index (χ3v) is 2.58. The van der Waals surface area contributed by atoms with Crippen LogP contribution in [0.3, 0.4) is 0 Å². The van der Waals surface area contributed by atoms with Crippen LogP contribution >= 0.6 is 11.3 Å². The van der Waals surface area contributed by atoms with Crippen LogP contribution in [0.1, 0.15) is 24.6 Å². The van der Waals surface area contributed by atoms with Crippen LogP contribution in [-0.2, 0) is 9.59 Å². The molecule has 1 aromatic rings. The van der Waals surface area contributed by atoms with Gasteiger partial charge in [-0.1, -0.05) is 6.07 Å². The van der Waals surface area contributed by atoms with E-state index < -0.39 is 5.92 Å². The largest absolute Gasteiger partial charge is 0.299 e. The molecule has 0 saturated carbocycles. The zero-order chi connectivity index (χ0) is 9.14. The Bertz CT molecular complexity index is 273. The number of rotatable bonds is 3. The minimum Gasteiger partial charge on any atom is -0.299 e. The minimum atomic E-state index is -0.537. The van der Waals surface area contributed by atoms with Gasteiger partial charge in [-0.05, 0) is 25.3 Å². The molecule has 0 atom stereocenters. The standard InChI is InChI=1S/C9H10O2S/c1-6(10)9(7(2)11)8-4-3-5-12-8/h3-5,9H,1-2H3. The Morgan fingerprint density at radius 3 is 2.25 bits per heavy atom. The summed E-state index contributed by atoms with van der Waals surface area (Å²) in [7, 11) is 0. The number of carbonyl (C=O) groups excluding carboxylic acids is 2. The predicted octanol–water partition coefficient (Wildman–Crippen LogP) is 2.01. The lowest BCUT2D eigenvalue weighted by atomic mass is 9.99. The number of Topliss-reactive ketones (excluding diaryl/α,β-unsaturated/α-hetero) is 2. The highest BCUT2D eigenvalue weighted by Crippen LogP contribution is 2.22. The first-order valence-electron chi connectivity index (χ1n) is 3.67. The maximum Gasteiger partial charge on any atom is 0.145 e. The summed E-state index contributed by atoms with van der Waals surface area (Å²) < 4.78 is 0. The molecular formula is C9H10O2S. The second-order valence-corrected chi connectivity index (χ2v) is 3.65. The van der Waals surface area contributed by atoms with Gasteiger partial charge in [0.05, 0.1) is 0 Å². The Hall–Kier alpha value is -0.960. The molecule has 0 saturated heterocycles. The van der Waals surface area contributed by atoms with Gasteiger partial charge >= 0.3 is 0 Å². The highest BCUT2D eigenvalue weighted by Gasteiger charge is 2.21. The van der Waals surface area contributed by atoms with Crippen molar-refractivity contribution < 1.29 is 9.59 Å². The molecule has 64 valence electrons. The molecule has 0 aromatic carbocycles. The first kappa shape index (κ1) is 9.13. The van der Waals surface area contributed by atoms with Crippen molar-refractivity contribution in [2.45, 2.75) is 19.8 Å². The number of hydrogen-bond donors (Lipinski definition) is 0. The van der Waals surface area contributed by atoms with E-state index in [1.807, 2.05) is 17.5 Å². The van der Waals surface area contributed by atoms with E-state index in [1.165, 1.54) is 25.2 Å². The molecule has 0 amide bonds. The molecule has 0 unspecified atom stereocenters. The molecule has 1 rings (SSSR count). The smallest absolute Gasteiger partial charge is 0.145 e. The molecule has 1 heterocycles. The molecule has 0 fully saturated rings. The maximum atomic E-state index is 11.1. The number of hydrogen-bond acceptors (Lipinski definition) is 3. The van der Waals surface area contributed by atoms with Gasteiger partial charge in [0.25, 0.3) is 0 Å². The van der Waals surface area contributed by atoms with Gasteiger partial charge in [0.15, 0.2) is 0 Å². The summed E-state index contributed by atoms with van der Waals surface area (Å²) in [5, 5.41) is 1.87. The monoisotopic (exact) mass is 182 g/mol. The maximum absolute atomic E-state index is 11.1. The van der Waals surface area contributed by atoms with Crippen LogP contribution in [0.2, 0.25) is 0 Å². The van der Waals surface area contributed by atoms with Gasteiger partial charge in [0.2, 0.25) is 0 Å². The van der Waals surface area contributed by atoms with Crippen LogP contribution in [0.4, 0.5) is 0 Å². The summed E-state index contributed by atoms with van der Waals surface area (Å²) in [6.07, 6.45) is 0. The van der Waals surface area contributed by atoms with Crippen molar-refractivity contribution >= 4 is 22.9 Å². The van der Waals surface area contributed by atoms with Crippen molar-refractivity contribution in [2.24, 2.45) is 0 Å². The SMILES string of the molecule is CC(=O)C(C(C)=O)c1cccs1. The van der Waals surface area contributed by atoms with Crippen LogP contribution in [0.15, 0.2) is 17.5 Å². The van der Waals surface area contributed by atoms with Gasteiger partial charge in [-0.25, -0.2) is 0 Å². The number of carbonyl (C=O) groups is 2. The topological polar surface area (TPSA) is 34.1 Å². The number of thiophene rings is 1. The van der Waals surface area contributed by atoms with Gasteiger partial charge in [0.1, 0.15) is 17.5 Å². The number of ketones is 2. The fourth-order valence-electron chi connectivity index (χ4n) is 1.14.